The van der Waals surface area contributed by atoms with Gasteiger partial charge in [0, 0.05) is 35.1 Å². The second-order valence-electron chi connectivity index (χ2n) is 10.9. The Balaban J connectivity index is 1.19. The zero-order valence-corrected chi connectivity index (χ0v) is 23.1. The van der Waals surface area contributed by atoms with Crippen LogP contribution in [0.25, 0.3) is 21.9 Å². The number of carbonyl (C=O) groups is 3. The van der Waals surface area contributed by atoms with E-state index in [0.717, 1.165) is 33.9 Å². The number of nitrogens with zero attached hydrogens (tertiary/aromatic N) is 3. The zero-order valence-electron chi connectivity index (χ0n) is 22.3. The predicted octanol–water partition coefficient (Wildman–Crippen LogP) is 5.92. The lowest BCUT2D eigenvalue weighted by Crippen LogP contribution is -2.61. The molecule has 0 bridgehead atoms. The highest BCUT2D eigenvalue weighted by Gasteiger charge is 2.46. The summed E-state index contributed by atoms with van der Waals surface area (Å²) >= 11 is 6.84. The van der Waals surface area contributed by atoms with E-state index < -0.39 is 6.03 Å². The lowest BCUT2D eigenvalue weighted by atomic mass is 9.72. The van der Waals surface area contributed by atoms with Crippen LogP contribution in [0.4, 0.5) is 16.2 Å². The third kappa shape index (κ3) is 4.21. The largest absolute Gasteiger partial charge is 0.482 e. The molecule has 3 heterocycles. The van der Waals surface area contributed by atoms with Crippen molar-refractivity contribution in [2.45, 2.75) is 31.2 Å². The van der Waals surface area contributed by atoms with Crippen molar-refractivity contribution in [2.75, 3.05) is 23.5 Å². The van der Waals surface area contributed by atoms with Crippen LogP contribution in [0.2, 0.25) is 5.02 Å². The molecular weight excluding hydrogens is 540 g/mol. The molecule has 2 aliphatic heterocycles. The van der Waals surface area contributed by atoms with Gasteiger partial charge in [0.2, 0.25) is 5.91 Å². The Labute approximate surface area is 241 Å². The Bertz CT molecular complexity index is 1740. The molecular formula is C32H27ClN4O4. The summed E-state index contributed by atoms with van der Waals surface area (Å²) in [6.07, 6.45) is 5.26. The molecule has 1 N–H and O–H groups in total. The van der Waals surface area contributed by atoms with Gasteiger partial charge in [0.25, 0.3) is 5.91 Å². The number of hydrogen-bond donors (Lipinski definition) is 1. The quantitative estimate of drug-likeness (QED) is 0.332. The van der Waals surface area contributed by atoms with Crippen molar-refractivity contribution in [3.8, 4) is 16.9 Å². The van der Waals surface area contributed by atoms with Crippen LogP contribution in [0.5, 0.6) is 5.75 Å². The van der Waals surface area contributed by atoms with Crippen LogP contribution in [0.15, 0.2) is 73.1 Å². The molecule has 2 fully saturated rings. The van der Waals surface area contributed by atoms with E-state index in [9.17, 15) is 14.4 Å². The van der Waals surface area contributed by atoms with Gasteiger partial charge in [-0.15, -0.1) is 0 Å². The molecule has 9 heteroatoms. The standard InChI is InChI=1S/C32H27ClN4O4/c1-36-26-14-18(10-12-28(26)41-17-29(36)38)22-7-4-8-24(33)30(22)19-9-11-23-25(13-19)35-32(40)37(31(23)39)27-16-34-15-20-5-2-3-6-21(20)27/h2-8,10,12,14-16,19,23,25H,9,11,13,17H2,1H3,(H,35,40). The van der Waals surface area contributed by atoms with E-state index >= 15 is 0 Å². The third-order valence-electron chi connectivity index (χ3n) is 8.61. The number of likely N-dealkylation sites (N-methyl/N-ethyl adjacent to an activating group) is 1. The van der Waals surface area contributed by atoms with Crippen LogP contribution in [0.1, 0.15) is 30.7 Å². The fraction of sp³-hybridized carbons (Fsp3) is 0.250. The van der Waals surface area contributed by atoms with Gasteiger partial charge < -0.3 is 15.0 Å². The van der Waals surface area contributed by atoms with Gasteiger partial charge in [0.05, 0.1) is 23.5 Å². The van der Waals surface area contributed by atoms with Crippen molar-refractivity contribution in [3.63, 3.8) is 0 Å². The molecule has 1 aromatic heterocycles. The SMILES string of the molecule is CN1C(=O)COc2ccc(-c3cccc(Cl)c3C3CCC4C(=O)N(c5cncc6ccccc56)C(=O)NC4C3)cc21. The maximum atomic E-state index is 13.8. The van der Waals surface area contributed by atoms with Crippen molar-refractivity contribution >= 4 is 51.6 Å². The van der Waals surface area contributed by atoms with Crippen LogP contribution in [-0.2, 0) is 9.59 Å². The summed E-state index contributed by atoms with van der Waals surface area (Å²) in [5, 5.41) is 5.44. The summed E-state index contributed by atoms with van der Waals surface area (Å²) in [6.45, 7) is 0.0226. The molecule has 7 rings (SSSR count). The number of ether oxygens (including phenoxy) is 1. The highest BCUT2D eigenvalue weighted by molar-refractivity contribution is 6.32. The molecule has 4 amide bonds. The number of benzene rings is 3. The summed E-state index contributed by atoms with van der Waals surface area (Å²) in [7, 11) is 1.74. The molecule has 8 nitrogen and oxygen atoms in total. The molecule has 1 saturated heterocycles. The maximum absolute atomic E-state index is 13.8. The number of imide groups is 1. The number of halogens is 1. The van der Waals surface area contributed by atoms with Crippen molar-refractivity contribution in [3.05, 3.63) is 83.6 Å². The summed E-state index contributed by atoms with van der Waals surface area (Å²) in [5.74, 6) is 0.0524. The Morgan fingerprint density at radius 2 is 1.83 bits per heavy atom. The Hall–Kier alpha value is -4.43. The summed E-state index contributed by atoms with van der Waals surface area (Å²) in [4.78, 5) is 46.6. The van der Waals surface area contributed by atoms with Crippen LogP contribution in [0, 0.1) is 5.92 Å². The number of anilines is 2. The van der Waals surface area contributed by atoms with E-state index in [-0.39, 0.29) is 36.3 Å². The van der Waals surface area contributed by atoms with Gasteiger partial charge in [-0.2, -0.15) is 0 Å². The number of rotatable bonds is 3. The van der Waals surface area contributed by atoms with Crippen LogP contribution in [-0.4, -0.2) is 42.5 Å². The van der Waals surface area contributed by atoms with Gasteiger partial charge in [-0.25, -0.2) is 9.69 Å². The molecule has 41 heavy (non-hydrogen) atoms. The van der Waals surface area contributed by atoms with Gasteiger partial charge in [-0.3, -0.25) is 14.6 Å². The first kappa shape index (κ1) is 25.5. The maximum Gasteiger partial charge on any atom is 0.329 e. The topological polar surface area (TPSA) is 91.8 Å². The number of nitrogens with one attached hydrogen (secondary N) is 1. The fourth-order valence-electron chi connectivity index (χ4n) is 6.53. The lowest BCUT2D eigenvalue weighted by molar-refractivity contribution is -0.124. The summed E-state index contributed by atoms with van der Waals surface area (Å²) in [6, 6.07) is 18.5. The van der Waals surface area contributed by atoms with E-state index in [2.05, 4.69) is 10.3 Å². The molecule has 206 valence electrons. The lowest BCUT2D eigenvalue weighted by Gasteiger charge is -2.43. The first-order valence-electron chi connectivity index (χ1n) is 13.7. The van der Waals surface area contributed by atoms with Crippen molar-refractivity contribution in [1.82, 2.24) is 10.3 Å². The van der Waals surface area contributed by atoms with Gasteiger partial charge in [-0.05, 0) is 60.1 Å². The van der Waals surface area contributed by atoms with E-state index in [1.54, 1.807) is 24.3 Å². The summed E-state index contributed by atoms with van der Waals surface area (Å²) < 4.78 is 5.61. The van der Waals surface area contributed by atoms with Crippen molar-refractivity contribution in [1.29, 1.82) is 0 Å². The van der Waals surface area contributed by atoms with Crippen LogP contribution < -0.4 is 19.9 Å². The molecule has 3 unspecified atom stereocenters. The first-order valence-corrected chi connectivity index (χ1v) is 14.1. The van der Waals surface area contributed by atoms with E-state index in [1.807, 2.05) is 60.7 Å². The van der Waals surface area contributed by atoms with E-state index in [1.165, 1.54) is 4.90 Å². The molecule has 1 aliphatic carbocycles. The van der Waals surface area contributed by atoms with Gasteiger partial charge in [0.1, 0.15) is 5.75 Å². The minimum absolute atomic E-state index is 0.0226. The van der Waals surface area contributed by atoms with Crippen molar-refractivity contribution < 1.29 is 19.1 Å². The minimum Gasteiger partial charge on any atom is -0.482 e. The highest BCUT2D eigenvalue weighted by Crippen LogP contribution is 2.46. The van der Waals surface area contributed by atoms with E-state index in [4.69, 9.17) is 16.3 Å². The number of aromatic nitrogens is 1. The van der Waals surface area contributed by atoms with Crippen LogP contribution in [0.3, 0.4) is 0 Å². The zero-order chi connectivity index (χ0) is 28.2. The van der Waals surface area contributed by atoms with Gasteiger partial charge in [0.15, 0.2) is 6.61 Å². The molecule has 0 radical (unpaired) electrons. The van der Waals surface area contributed by atoms with Gasteiger partial charge in [-0.1, -0.05) is 54.1 Å². The second-order valence-corrected chi connectivity index (χ2v) is 11.3. The van der Waals surface area contributed by atoms with Crippen LogP contribution >= 0.6 is 11.6 Å². The van der Waals surface area contributed by atoms with Crippen molar-refractivity contribution in [2.24, 2.45) is 5.92 Å². The second kappa shape index (κ2) is 9.89. The number of amides is 4. The fourth-order valence-corrected chi connectivity index (χ4v) is 6.86. The average Bonchev–Trinajstić information content (AvgIpc) is 2.98. The molecule has 3 atom stereocenters. The highest BCUT2D eigenvalue weighted by atomic mass is 35.5. The normalized spacial score (nSPS) is 22.2. The average molecular weight is 567 g/mol. The Morgan fingerprint density at radius 1 is 0.976 bits per heavy atom. The molecule has 1 saturated carbocycles. The Morgan fingerprint density at radius 3 is 2.71 bits per heavy atom. The Kier molecular flexibility index (Phi) is 6.16. The van der Waals surface area contributed by atoms with E-state index in [0.29, 0.717) is 35.0 Å². The number of carbonyl (C=O) groups excluding carboxylic acids is 3. The molecule has 0 spiro atoms. The first-order chi connectivity index (χ1) is 19.9. The number of fused-ring (bicyclic) bond motifs is 3. The summed E-state index contributed by atoms with van der Waals surface area (Å²) in [5.41, 5.74) is 4.08. The molecule has 4 aromatic rings. The van der Waals surface area contributed by atoms with Gasteiger partial charge >= 0.3 is 6.03 Å². The molecule has 3 aromatic carbocycles. The number of urea groups is 1. The minimum atomic E-state index is -0.433. The number of hydrogen-bond acceptors (Lipinski definition) is 5. The smallest absolute Gasteiger partial charge is 0.329 e. The third-order valence-corrected chi connectivity index (χ3v) is 8.94. The molecule has 3 aliphatic rings. The monoisotopic (exact) mass is 566 g/mol. The predicted molar refractivity (Wildman–Crippen MR) is 157 cm³/mol. The number of pyridine rings is 1.